The summed E-state index contributed by atoms with van der Waals surface area (Å²) in [6.07, 6.45) is 0. The molecule has 0 aliphatic heterocycles. The Morgan fingerprint density at radius 3 is 2.53 bits per heavy atom. The van der Waals surface area contributed by atoms with Gasteiger partial charge in [-0.1, -0.05) is 6.07 Å². The van der Waals surface area contributed by atoms with Crippen LogP contribution in [0.1, 0.15) is 19.4 Å². The molecule has 1 aromatic rings. The summed E-state index contributed by atoms with van der Waals surface area (Å²) in [5, 5.41) is 9.08. The molecule has 0 amide bonds. The second-order valence-electron chi connectivity index (χ2n) is 3.78. The van der Waals surface area contributed by atoms with Crippen molar-refractivity contribution in [2.75, 3.05) is 7.11 Å². The van der Waals surface area contributed by atoms with Crippen LogP contribution in [0.5, 0.6) is 5.75 Å². The van der Waals surface area contributed by atoms with Crippen LogP contribution in [0, 0.1) is 3.57 Å². The average Bonchev–Trinajstić information content (AvgIpc) is 2.18. The minimum atomic E-state index is -0.891. The zero-order valence-corrected chi connectivity index (χ0v) is 11.0. The van der Waals surface area contributed by atoms with Crippen molar-refractivity contribution in [1.29, 1.82) is 0 Å². The lowest BCUT2D eigenvalue weighted by Gasteiger charge is -2.20. The number of hydrogen-bond acceptors (Lipinski definition) is 2. The van der Waals surface area contributed by atoms with Crippen molar-refractivity contribution in [2.45, 2.75) is 19.3 Å². The normalized spacial score (nSPS) is 11.2. The molecular formula is C11H13IO3. The highest BCUT2D eigenvalue weighted by atomic mass is 127. The van der Waals surface area contributed by atoms with E-state index in [0.717, 1.165) is 9.13 Å². The predicted molar refractivity (Wildman–Crippen MR) is 66.4 cm³/mol. The SMILES string of the molecule is COc1cc(C(C)(C)C(=O)O)ccc1I. The Kier molecular flexibility index (Phi) is 3.59. The zero-order valence-electron chi connectivity index (χ0n) is 8.87. The summed E-state index contributed by atoms with van der Waals surface area (Å²) in [5.74, 6) is -0.131. The predicted octanol–water partition coefficient (Wildman–Crippen LogP) is 2.66. The molecular weight excluding hydrogens is 307 g/mol. The number of rotatable bonds is 3. The number of carboxylic acid groups (broad SMARTS) is 1. The molecule has 0 atom stereocenters. The first-order chi connectivity index (χ1) is 6.89. The van der Waals surface area contributed by atoms with Crippen molar-refractivity contribution in [3.63, 3.8) is 0 Å². The molecule has 0 fully saturated rings. The molecule has 82 valence electrons. The zero-order chi connectivity index (χ0) is 11.6. The molecule has 1 N–H and O–H groups in total. The van der Waals surface area contributed by atoms with Gasteiger partial charge in [0, 0.05) is 0 Å². The topological polar surface area (TPSA) is 46.5 Å². The van der Waals surface area contributed by atoms with Crippen molar-refractivity contribution in [3.8, 4) is 5.75 Å². The Morgan fingerprint density at radius 1 is 1.47 bits per heavy atom. The van der Waals surface area contributed by atoms with E-state index in [1.54, 1.807) is 27.0 Å². The highest BCUT2D eigenvalue weighted by Crippen LogP contribution is 2.29. The largest absolute Gasteiger partial charge is 0.496 e. The molecule has 0 saturated heterocycles. The van der Waals surface area contributed by atoms with Crippen LogP contribution in [0.25, 0.3) is 0 Å². The van der Waals surface area contributed by atoms with E-state index in [1.165, 1.54) is 0 Å². The number of benzene rings is 1. The maximum absolute atomic E-state index is 11.1. The lowest BCUT2D eigenvalue weighted by atomic mass is 9.85. The molecule has 0 spiro atoms. The first-order valence-corrected chi connectivity index (χ1v) is 5.55. The summed E-state index contributed by atoms with van der Waals surface area (Å²) in [4.78, 5) is 11.1. The Labute approximate surface area is 103 Å². The van der Waals surface area contributed by atoms with Gasteiger partial charge in [-0.05, 0) is 54.1 Å². The molecule has 0 saturated carbocycles. The maximum atomic E-state index is 11.1. The van der Waals surface area contributed by atoms with Crippen LogP contribution in [0.2, 0.25) is 0 Å². The first kappa shape index (κ1) is 12.3. The summed E-state index contributed by atoms with van der Waals surface area (Å²) >= 11 is 2.15. The van der Waals surface area contributed by atoms with Gasteiger partial charge in [0.25, 0.3) is 0 Å². The van der Waals surface area contributed by atoms with E-state index in [0.29, 0.717) is 5.75 Å². The van der Waals surface area contributed by atoms with Gasteiger partial charge >= 0.3 is 5.97 Å². The molecule has 0 aliphatic rings. The van der Waals surface area contributed by atoms with Gasteiger partial charge in [-0.15, -0.1) is 0 Å². The lowest BCUT2D eigenvalue weighted by molar-refractivity contribution is -0.142. The van der Waals surface area contributed by atoms with Crippen LogP contribution in [0.4, 0.5) is 0 Å². The van der Waals surface area contributed by atoms with Gasteiger partial charge < -0.3 is 9.84 Å². The third-order valence-corrected chi connectivity index (χ3v) is 3.30. The summed E-state index contributed by atoms with van der Waals surface area (Å²) < 4.78 is 6.13. The number of aliphatic carboxylic acids is 1. The van der Waals surface area contributed by atoms with E-state index in [9.17, 15) is 4.79 Å². The van der Waals surface area contributed by atoms with Crippen LogP contribution in [0.3, 0.4) is 0 Å². The number of carboxylic acids is 1. The summed E-state index contributed by atoms with van der Waals surface area (Å²) in [5.41, 5.74) is -0.148. The van der Waals surface area contributed by atoms with Crippen LogP contribution >= 0.6 is 22.6 Å². The van der Waals surface area contributed by atoms with Crippen LogP contribution in [-0.4, -0.2) is 18.2 Å². The van der Waals surface area contributed by atoms with Crippen molar-refractivity contribution in [2.24, 2.45) is 0 Å². The van der Waals surface area contributed by atoms with E-state index < -0.39 is 11.4 Å². The summed E-state index contributed by atoms with van der Waals surface area (Å²) in [6, 6.07) is 5.45. The highest BCUT2D eigenvalue weighted by Gasteiger charge is 2.29. The van der Waals surface area contributed by atoms with Gasteiger partial charge in [-0.25, -0.2) is 0 Å². The molecule has 0 radical (unpaired) electrons. The fourth-order valence-electron chi connectivity index (χ4n) is 1.17. The van der Waals surface area contributed by atoms with E-state index >= 15 is 0 Å². The van der Waals surface area contributed by atoms with Gasteiger partial charge in [-0.3, -0.25) is 4.79 Å². The minimum Gasteiger partial charge on any atom is -0.496 e. The van der Waals surface area contributed by atoms with Gasteiger partial charge in [0.2, 0.25) is 0 Å². The molecule has 0 aromatic heterocycles. The third kappa shape index (κ3) is 2.42. The Hall–Kier alpha value is -0.780. The average molecular weight is 320 g/mol. The second-order valence-corrected chi connectivity index (χ2v) is 4.94. The number of halogens is 1. The number of ether oxygens (including phenoxy) is 1. The molecule has 3 nitrogen and oxygen atoms in total. The standard InChI is InChI=1S/C11H13IO3/c1-11(2,10(13)14)7-4-5-8(12)9(6-7)15-3/h4-6H,1-3H3,(H,13,14). The quantitative estimate of drug-likeness (QED) is 0.871. The van der Waals surface area contributed by atoms with Gasteiger partial charge in [0.15, 0.2) is 0 Å². The molecule has 15 heavy (non-hydrogen) atoms. The summed E-state index contributed by atoms with van der Waals surface area (Å²) in [6.45, 7) is 3.36. The lowest BCUT2D eigenvalue weighted by Crippen LogP contribution is -2.28. The second kappa shape index (κ2) is 4.38. The van der Waals surface area contributed by atoms with Crippen LogP contribution in [0.15, 0.2) is 18.2 Å². The molecule has 1 aromatic carbocycles. The van der Waals surface area contributed by atoms with Crippen molar-refractivity contribution < 1.29 is 14.6 Å². The van der Waals surface area contributed by atoms with Gasteiger partial charge in [0.05, 0.1) is 16.1 Å². The number of carbonyl (C=O) groups is 1. The van der Waals surface area contributed by atoms with Gasteiger partial charge in [0.1, 0.15) is 5.75 Å². The molecule has 0 bridgehead atoms. The smallest absolute Gasteiger partial charge is 0.313 e. The Bertz CT molecular complexity index is 385. The summed E-state index contributed by atoms with van der Waals surface area (Å²) in [7, 11) is 1.58. The molecule has 0 aliphatic carbocycles. The van der Waals surface area contributed by atoms with Crippen molar-refractivity contribution in [1.82, 2.24) is 0 Å². The van der Waals surface area contributed by atoms with E-state index in [2.05, 4.69) is 22.6 Å². The van der Waals surface area contributed by atoms with Crippen molar-refractivity contribution in [3.05, 3.63) is 27.3 Å². The molecule has 0 unspecified atom stereocenters. The fraction of sp³-hybridized carbons (Fsp3) is 0.364. The molecule has 1 rings (SSSR count). The minimum absolute atomic E-state index is 0.711. The first-order valence-electron chi connectivity index (χ1n) is 4.47. The van der Waals surface area contributed by atoms with Crippen LogP contribution < -0.4 is 4.74 Å². The van der Waals surface area contributed by atoms with E-state index in [4.69, 9.17) is 9.84 Å². The third-order valence-electron chi connectivity index (χ3n) is 2.41. The molecule has 0 heterocycles. The Balaban J connectivity index is 3.22. The van der Waals surface area contributed by atoms with Crippen molar-refractivity contribution >= 4 is 28.6 Å². The molecule has 4 heteroatoms. The maximum Gasteiger partial charge on any atom is 0.313 e. The van der Waals surface area contributed by atoms with E-state index in [-0.39, 0.29) is 0 Å². The van der Waals surface area contributed by atoms with E-state index in [1.807, 2.05) is 12.1 Å². The monoisotopic (exact) mass is 320 g/mol. The number of methoxy groups -OCH3 is 1. The van der Waals surface area contributed by atoms with Crippen LogP contribution in [-0.2, 0) is 10.2 Å². The highest BCUT2D eigenvalue weighted by molar-refractivity contribution is 14.1. The fourth-order valence-corrected chi connectivity index (χ4v) is 1.73. The number of hydrogen-bond donors (Lipinski definition) is 1. The Morgan fingerprint density at radius 2 is 2.07 bits per heavy atom. The van der Waals surface area contributed by atoms with Gasteiger partial charge in [-0.2, -0.15) is 0 Å².